The first kappa shape index (κ1) is 10.0. The van der Waals surface area contributed by atoms with Crippen LogP contribution in [0.4, 0.5) is 0 Å². The zero-order valence-corrected chi connectivity index (χ0v) is 8.96. The number of allylic oxidation sites excluding steroid dienone is 2. The molecule has 0 N–H and O–H groups in total. The molecule has 0 aliphatic carbocycles. The molecule has 0 nitrogen and oxygen atoms in total. The summed E-state index contributed by atoms with van der Waals surface area (Å²) >= 11 is 0. The predicted molar refractivity (Wildman–Crippen MR) is 59.1 cm³/mol. The average Bonchev–Trinajstić information content (AvgIpc) is 2.10. The van der Waals surface area contributed by atoms with E-state index in [1.165, 1.54) is 16.7 Å². The van der Waals surface area contributed by atoms with Crippen LogP contribution in [0, 0.1) is 13.8 Å². The van der Waals surface area contributed by atoms with E-state index in [0.717, 1.165) is 0 Å². The zero-order valence-electron chi connectivity index (χ0n) is 8.96. The smallest absolute Gasteiger partial charge is 0.00104 e. The maximum absolute atomic E-state index is 2.28. The van der Waals surface area contributed by atoms with Gasteiger partial charge in [-0.2, -0.15) is 0 Å². The SMILES string of the molecule is C/C=C/C(C)c1ccc(C)c(C)c1. The van der Waals surface area contributed by atoms with Gasteiger partial charge in [0, 0.05) is 0 Å². The van der Waals surface area contributed by atoms with E-state index in [0.29, 0.717) is 5.92 Å². The minimum absolute atomic E-state index is 0.532. The summed E-state index contributed by atoms with van der Waals surface area (Å²) in [5.41, 5.74) is 4.16. The van der Waals surface area contributed by atoms with Crippen molar-refractivity contribution in [3.05, 3.63) is 47.0 Å². The molecule has 0 spiro atoms. The molecule has 0 radical (unpaired) electrons. The summed E-state index contributed by atoms with van der Waals surface area (Å²) in [6.45, 7) is 8.61. The highest BCUT2D eigenvalue weighted by Gasteiger charge is 2.01. The third-order valence-electron chi connectivity index (χ3n) is 2.54. The van der Waals surface area contributed by atoms with Crippen molar-refractivity contribution in [1.82, 2.24) is 0 Å². The number of aryl methyl sites for hydroxylation is 2. The van der Waals surface area contributed by atoms with Gasteiger partial charge in [-0.05, 0) is 43.4 Å². The normalized spacial score (nSPS) is 13.5. The average molecular weight is 174 g/mol. The fourth-order valence-corrected chi connectivity index (χ4v) is 1.45. The second kappa shape index (κ2) is 4.27. The standard InChI is InChI=1S/C13H18/c1-5-6-11(3)13-8-7-10(2)12(4)9-13/h5-9,11H,1-4H3/b6-5+. The molecular weight excluding hydrogens is 156 g/mol. The topological polar surface area (TPSA) is 0 Å². The lowest BCUT2D eigenvalue weighted by Crippen LogP contribution is -1.91. The van der Waals surface area contributed by atoms with Gasteiger partial charge in [-0.1, -0.05) is 37.3 Å². The van der Waals surface area contributed by atoms with Crippen molar-refractivity contribution < 1.29 is 0 Å². The van der Waals surface area contributed by atoms with Gasteiger partial charge in [-0.15, -0.1) is 0 Å². The minimum Gasteiger partial charge on any atom is -0.0911 e. The fourth-order valence-electron chi connectivity index (χ4n) is 1.45. The van der Waals surface area contributed by atoms with Crippen molar-refractivity contribution in [1.29, 1.82) is 0 Å². The van der Waals surface area contributed by atoms with Crippen molar-refractivity contribution >= 4 is 0 Å². The molecule has 1 aromatic rings. The molecule has 1 rings (SSSR count). The van der Waals surface area contributed by atoms with E-state index in [2.05, 4.69) is 58.0 Å². The Bertz CT molecular complexity index is 308. The monoisotopic (exact) mass is 174 g/mol. The molecule has 1 unspecified atom stereocenters. The number of hydrogen-bond donors (Lipinski definition) is 0. The molecule has 13 heavy (non-hydrogen) atoms. The molecule has 0 saturated carbocycles. The number of benzene rings is 1. The molecule has 0 aromatic heterocycles. The van der Waals surface area contributed by atoms with Crippen LogP contribution < -0.4 is 0 Å². The maximum Gasteiger partial charge on any atom is -0.00104 e. The molecule has 70 valence electrons. The molecule has 1 aromatic carbocycles. The van der Waals surface area contributed by atoms with E-state index in [1.807, 2.05) is 0 Å². The lowest BCUT2D eigenvalue weighted by molar-refractivity contribution is 0.960. The van der Waals surface area contributed by atoms with Gasteiger partial charge in [-0.25, -0.2) is 0 Å². The Hall–Kier alpha value is -1.04. The van der Waals surface area contributed by atoms with Gasteiger partial charge in [0.05, 0.1) is 0 Å². The van der Waals surface area contributed by atoms with Crippen LogP contribution in [0.5, 0.6) is 0 Å². The van der Waals surface area contributed by atoms with Crippen LogP contribution in [0.25, 0.3) is 0 Å². The Balaban J connectivity index is 2.96. The molecule has 0 bridgehead atoms. The second-order valence-corrected chi connectivity index (χ2v) is 3.66. The quantitative estimate of drug-likeness (QED) is 0.595. The van der Waals surface area contributed by atoms with Gasteiger partial charge < -0.3 is 0 Å². The van der Waals surface area contributed by atoms with Gasteiger partial charge in [0.25, 0.3) is 0 Å². The summed E-state index contributed by atoms with van der Waals surface area (Å²) in [6.07, 6.45) is 4.34. The summed E-state index contributed by atoms with van der Waals surface area (Å²) in [5.74, 6) is 0.532. The molecule has 0 fully saturated rings. The molecule has 0 aliphatic rings. The molecule has 0 saturated heterocycles. The van der Waals surface area contributed by atoms with E-state index in [-0.39, 0.29) is 0 Å². The fraction of sp³-hybridized carbons (Fsp3) is 0.385. The number of hydrogen-bond acceptors (Lipinski definition) is 0. The Morgan fingerprint density at radius 3 is 2.38 bits per heavy atom. The van der Waals surface area contributed by atoms with Gasteiger partial charge in [0.1, 0.15) is 0 Å². The van der Waals surface area contributed by atoms with Crippen molar-refractivity contribution in [2.45, 2.75) is 33.6 Å². The van der Waals surface area contributed by atoms with Crippen LogP contribution in [0.15, 0.2) is 30.4 Å². The molecule has 1 atom stereocenters. The van der Waals surface area contributed by atoms with Gasteiger partial charge >= 0.3 is 0 Å². The molecular formula is C13H18. The lowest BCUT2D eigenvalue weighted by atomic mass is 9.97. The largest absolute Gasteiger partial charge is 0.0911 e. The van der Waals surface area contributed by atoms with E-state index in [4.69, 9.17) is 0 Å². The Kier molecular flexibility index (Phi) is 3.30. The van der Waals surface area contributed by atoms with Gasteiger partial charge in [0.2, 0.25) is 0 Å². The molecule has 0 heteroatoms. The summed E-state index contributed by atoms with van der Waals surface area (Å²) in [5, 5.41) is 0. The predicted octanol–water partition coefficient (Wildman–Crippen LogP) is 3.98. The van der Waals surface area contributed by atoms with Crippen LogP contribution in [0.3, 0.4) is 0 Å². The van der Waals surface area contributed by atoms with Gasteiger partial charge in [0.15, 0.2) is 0 Å². The summed E-state index contributed by atoms with van der Waals surface area (Å²) in [7, 11) is 0. The van der Waals surface area contributed by atoms with E-state index >= 15 is 0 Å². The lowest BCUT2D eigenvalue weighted by Gasteiger charge is -2.09. The highest BCUT2D eigenvalue weighted by Crippen LogP contribution is 2.19. The first-order chi connectivity index (χ1) is 6.15. The molecule has 0 amide bonds. The molecule has 0 aliphatic heterocycles. The first-order valence-electron chi connectivity index (χ1n) is 4.85. The zero-order chi connectivity index (χ0) is 9.84. The maximum atomic E-state index is 2.28. The number of rotatable bonds is 2. The summed E-state index contributed by atoms with van der Waals surface area (Å²) < 4.78 is 0. The van der Waals surface area contributed by atoms with Gasteiger partial charge in [-0.3, -0.25) is 0 Å². The Morgan fingerprint density at radius 1 is 1.15 bits per heavy atom. The minimum atomic E-state index is 0.532. The molecule has 0 heterocycles. The first-order valence-corrected chi connectivity index (χ1v) is 4.85. The Labute approximate surface area is 81.3 Å². The van der Waals surface area contributed by atoms with E-state index < -0.39 is 0 Å². The van der Waals surface area contributed by atoms with E-state index in [9.17, 15) is 0 Å². The van der Waals surface area contributed by atoms with Crippen LogP contribution >= 0.6 is 0 Å². The van der Waals surface area contributed by atoms with Crippen LogP contribution in [0.2, 0.25) is 0 Å². The highest BCUT2D eigenvalue weighted by atomic mass is 14.1. The second-order valence-electron chi connectivity index (χ2n) is 3.66. The highest BCUT2D eigenvalue weighted by molar-refractivity contribution is 5.33. The van der Waals surface area contributed by atoms with Crippen molar-refractivity contribution in [3.63, 3.8) is 0 Å². The van der Waals surface area contributed by atoms with E-state index in [1.54, 1.807) is 0 Å². The van der Waals surface area contributed by atoms with Crippen LogP contribution in [0.1, 0.15) is 36.5 Å². The van der Waals surface area contributed by atoms with Crippen LogP contribution in [-0.2, 0) is 0 Å². The van der Waals surface area contributed by atoms with Crippen molar-refractivity contribution in [2.24, 2.45) is 0 Å². The van der Waals surface area contributed by atoms with Crippen LogP contribution in [-0.4, -0.2) is 0 Å². The Morgan fingerprint density at radius 2 is 1.85 bits per heavy atom. The third-order valence-corrected chi connectivity index (χ3v) is 2.54. The third kappa shape index (κ3) is 2.45. The summed E-state index contributed by atoms with van der Waals surface area (Å²) in [4.78, 5) is 0. The van der Waals surface area contributed by atoms with Crippen molar-refractivity contribution in [3.8, 4) is 0 Å². The van der Waals surface area contributed by atoms with Crippen molar-refractivity contribution in [2.75, 3.05) is 0 Å². The summed E-state index contributed by atoms with van der Waals surface area (Å²) in [6, 6.07) is 6.69.